The van der Waals surface area contributed by atoms with Gasteiger partial charge in [-0.25, -0.2) is 9.97 Å². The summed E-state index contributed by atoms with van der Waals surface area (Å²) < 4.78 is 5.38. The molecular formula is C23H25N5O2. The second kappa shape index (κ2) is 8.90. The number of nitrogens with one attached hydrogen (secondary N) is 1. The highest BCUT2D eigenvalue weighted by Gasteiger charge is 2.28. The van der Waals surface area contributed by atoms with E-state index in [1.54, 1.807) is 19.5 Å². The number of methoxy groups -OCH3 is 1. The lowest BCUT2D eigenvalue weighted by atomic mass is 9.93. The number of para-hydroxylation sites is 1. The molecule has 154 valence electrons. The maximum atomic E-state index is 13.2. The second-order valence-corrected chi connectivity index (χ2v) is 7.28. The van der Waals surface area contributed by atoms with Gasteiger partial charge in [0.2, 0.25) is 0 Å². The Bertz CT molecular complexity index is 1030. The Kier molecular flexibility index (Phi) is 5.88. The van der Waals surface area contributed by atoms with Gasteiger partial charge in [0.1, 0.15) is 11.6 Å². The van der Waals surface area contributed by atoms with Gasteiger partial charge in [0, 0.05) is 50.1 Å². The molecular weight excluding hydrogens is 378 g/mol. The largest absolute Gasteiger partial charge is 0.496 e. The number of amides is 1. The number of benzene rings is 1. The van der Waals surface area contributed by atoms with Crippen LogP contribution in [0.25, 0.3) is 11.4 Å². The number of anilines is 1. The minimum atomic E-state index is -0.00518. The molecule has 2 aromatic heterocycles. The first-order chi connectivity index (χ1) is 14.7. The van der Waals surface area contributed by atoms with E-state index in [0.717, 1.165) is 36.5 Å². The third kappa shape index (κ3) is 4.10. The third-order valence-electron chi connectivity index (χ3n) is 5.40. The molecule has 1 fully saturated rings. The lowest BCUT2D eigenvalue weighted by Gasteiger charge is -2.33. The van der Waals surface area contributed by atoms with Crippen LogP contribution in [0.2, 0.25) is 0 Å². The molecule has 30 heavy (non-hydrogen) atoms. The van der Waals surface area contributed by atoms with Crippen LogP contribution in [0.3, 0.4) is 0 Å². The third-order valence-corrected chi connectivity index (χ3v) is 5.40. The molecule has 3 heterocycles. The Labute approximate surface area is 176 Å². The van der Waals surface area contributed by atoms with Crippen molar-refractivity contribution in [3.8, 4) is 17.1 Å². The molecule has 0 radical (unpaired) electrons. The number of carbonyl (C=O) groups is 1. The van der Waals surface area contributed by atoms with Crippen LogP contribution in [0.4, 0.5) is 5.82 Å². The lowest BCUT2D eigenvalue weighted by Crippen LogP contribution is -2.39. The van der Waals surface area contributed by atoms with Crippen molar-refractivity contribution in [2.24, 2.45) is 0 Å². The molecule has 7 nitrogen and oxygen atoms in total. The fourth-order valence-corrected chi connectivity index (χ4v) is 3.83. The van der Waals surface area contributed by atoms with Crippen LogP contribution in [-0.4, -0.2) is 53.0 Å². The van der Waals surface area contributed by atoms with Gasteiger partial charge in [-0.2, -0.15) is 0 Å². The number of hydrogen-bond donors (Lipinski definition) is 1. The van der Waals surface area contributed by atoms with Gasteiger partial charge in [-0.1, -0.05) is 12.1 Å². The zero-order chi connectivity index (χ0) is 20.9. The number of carbonyl (C=O) groups excluding carboxylic acids is 1. The lowest BCUT2D eigenvalue weighted by molar-refractivity contribution is 0.0702. The monoisotopic (exact) mass is 403 g/mol. The molecule has 0 spiro atoms. The van der Waals surface area contributed by atoms with Crippen molar-refractivity contribution in [1.82, 2.24) is 19.9 Å². The number of hydrogen-bond acceptors (Lipinski definition) is 6. The molecule has 0 bridgehead atoms. The van der Waals surface area contributed by atoms with Crippen LogP contribution < -0.4 is 10.1 Å². The van der Waals surface area contributed by atoms with Crippen molar-refractivity contribution in [3.63, 3.8) is 0 Å². The van der Waals surface area contributed by atoms with Crippen LogP contribution in [-0.2, 0) is 0 Å². The van der Waals surface area contributed by atoms with Gasteiger partial charge in [-0.05, 0) is 37.1 Å². The summed E-state index contributed by atoms with van der Waals surface area (Å²) in [5.74, 6) is 2.17. The average Bonchev–Trinajstić information content (AvgIpc) is 2.83. The maximum Gasteiger partial charge on any atom is 0.257 e. The van der Waals surface area contributed by atoms with E-state index in [1.165, 1.54) is 0 Å². The summed E-state index contributed by atoms with van der Waals surface area (Å²) in [5, 5.41) is 3.13. The van der Waals surface area contributed by atoms with E-state index in [-0.39, 0.29) is 11.8 Å². The standard InChI is InChI=1S/C23H25N5O2/c1-24-21-14-19(26-22(27-21)16-9-11-25-12-10-16)17-6-5-13-28(15-17)23(29)18-7-3-4-8-20(18)30-2/h3-4,7-12,14,17H,5-6,13,15H2,1-2H3,(H,24,26,27). The van der Waals surface area contributed by atoms with Gasteiger partial charge in [0.05, 0.1) is 18.4 Å². The highest BCUT2D eigenvalue weighted by Crippen LogP contribution is 2.30. The Hall–Kier alpha value is -3.48. The van der Waals surface area contributed by atoms with Gasteiger partial charge < -0.3 is 15.0 Å². The number of piperidine rings is 1. The van der Waals surface area contributed by atoms with Crippen LogP contribution >= 0.6 is 0 Å². The Balaban J connectivity index is 1.61. The molecule has 7 heteroatoms. The molecule has 1 N–H and O–H groups in total. The van der Waals surface area contributed by atoms with Gasteiger partial charge >= 0.3 is 0 Å². The second-order valence-electron chi connectivity index (χ2n) is 7.28. The zero-order valence-corrected chi connectivity index (χ0v) is 17.2. The highest BCUT2D eigenvalue weighted by atomic mass is 16.5. The summed E-state index contributed by atoms with van der Waals surface area (Å²) in [6, 6.07) is 13.1. The summed E-state index contributed by atoms with van der Waals surface area (Å²) in [4.78, 5) is 28.6. The summed E-state index contributed by atoms with van der Waals surface area (Å²) in [6.07, 6.45) is 5.37. The smallest absolute Gasteiger partial charge is 0.257 e. The van der Waals surface area contributed by atoms with Crippen LogP contribution in [0.5, 0.6) is 5.75 Å². The quantitative estimate of drug-likeness (QED) is 0.701. The molecule has 3 aromatic rings. The Morgan fingerprint density at radius 3 is 2.73 bits per heavy atom. The van der Waals surface area contributed by atoms with E-state index >= 15 is 0 Å². The predicted molar refractivity (Wildman–Crippen MR) is 116 cm³/mol. The van der Waals surface area contributed by atoms with Gasteiger partial charge in [-0.3, -0.25) is 9.78 Å². The first-order valence-electron chi connectivity index (χ1n) is 10.1. The molecule has 0 aliphatic carbocycles. The fourth-order valence-electron chi connectivity index (χ4n) is 3.83. The van der Waals surface area contributed by atoms with E-state index in [1.807, 2.05) is 54.4 Å². The number of aromatic nitrogens is 3. The first kappa shape index (κ1) is 19.8. The molecule has 1 unspecified atom stereocenters. The number of likely N-dealkylation sites (tertiary alicyclic amines) is 1. The van der Waals surface area contributed by atoms with Crippen molar-refractivity contribution >= 4 is 11.7 Å². The van der Waals surface area contributed by atoms with E-state index < -0.39 is 0 Å². The van der Waals surface area contributed by atoms with Crippen molar-refractivity contribution in [3.05, 3.63) is 66.1 Å². The normalized spacial score (nSPS) is 16.2. The zero-order valence-electron chi connectivity index (χ0n) is 17.2. The molecule has 0 saturated carbocycles. The average molecular weight is 403 g/mol. The SMILES string of the molecule is CNc1cc(C2CCCN(C(=O)c3ccccc3OC)C2)nc(-c2ccncc2)n1. The Morgan fingerprint density at radius 2 is 1.97 bits per heavy atom. The summed E-state index contributed by atoms with van der Waals surface area (Å²) in [6.45, 7) is 1.35. The first-order valence-corrected chi connectivity index (χ1v) is 10.1. The number of rotatable bonds is 5. The molecule has 1 amide bonds. The maximum absolute atomic E-state index is 13.2. The van der Waals surface area contributed by atoms with Crippen LogP contribution in [0.1, 0.15) is 34.8 Å². The van der Waals surface area contributed by atoms with E-state index in [0.29, 0.717) is 23.7 Å². The minimum Gasteiger partial charge on any atom is -0.496 e. The van der Waals surface area contributed by atoms with Crippen molar-refractivity contribution < 1.29 is 9.53 Å². The molecule has 1 aliphatic rings. The number of ether oxygens (including phenoxy) is 1. The molecule has 1 aromatic carbocycles. The molecule has 1 aliphatic heterocycles. The van der Waals surface area contributed by atoms with Crippen molar-refractivity contribution in [2.75, 3.05) is 32.6 Å². The summed E-state index contributed by atoms with van der Waals surface area (Å²) >= 11 is 0. The van der Waals surface area contributed by atoms with Gasteiger partial charge in [-0.15, -0.1) is 0 Å². The van der Waals surface area contributed by atoms with Gasteiger partial charge in [0.15, 0.2) is 5.82 Å². The topological polar surface area (TPSA) is 80.2 Å². The van der Waals surface area contributed by atoms with Crippen LogP contribution in [0.15, 0.2) is 54.9 Å². The summed E-state index contributed by atoms with van der Waals surface area (Å²) in [5.41, 5.74) is 2.46. The van der Waals surface area contributed by atoms with E-state index in [9.17, 15) is 4.79 Å². The van der Waals surface area contributed by atoms with Crippen molar-refractivity contribution in [1.29, 1.82) is 0 Å². The highest BCUT2D eigenvalue weighted by molar-refractivity contribution is 5.97. The van der Waals surface area contributed by atoms with Crippen molar-refractivity contribution in [2.45, 2.75) is 18.8 Å². The Morgan fingerprint density at radius 1 is 1.17 bits per heavy atom. The summed E-state index contributed by atoms with van der Waals surface area (Å²) in [7, 11) is 3.44. The van der Waals surface area contributed by atoms with E-state index in [4.69, 9.17) is 9.72 Å². The van der Waals surface area contributed by atoms with E-state index in [2.05, 4.69) is 15.3 Å². The molecule has 4 rings (SSSR count). The molecule has 1 saturated heterocycles. The predicted octanol–water partition coefficient (Wildman–Crippen LogP) is 3.61. The fraction of sp³-hybridized carbons (Fsp3) is 0.304. The number of pyridine rings is 1. The van der Waals surface area contributed by atoms with Gasteiger partial charge in [0.25, 0.3) is 5.91 Å². The minimum absolute atomic E-state index is 0.00518. The molecule has 1 atom stereocenters. The van der Waals surface area contributed by atoms with Crippen LogP contribution in [0, 0.1) is 0 Å². The number of nitrogens with zero attached hydrogens (tertiary/aromatic N) is 4.